The number of carbonyl (C=O) groups is 1. The Labute approximate surface area is 167 Å². The molecule has 0 aliphatic heterocycles. The predicted octanol–water partition coefficient (Wildman–Crippen LogP) is 2.31. The Balaban J connectivity index is 1.77. The van der Waals surface area contributed by atoms with Gasteiger partial charge < -0.3 is 5.32 Å². The van der Waals surface area contributed by atoms with Crippen LogP contribution in [0.15, 0.2) is 62.7 Å². The van der Waals surface area contributed by atoms with Crippen LogP contribution in [0.25, 0.3) is 11.4 Å². The molecule has 1 amide bonds. The molecule has 0 unspecified atom stereocenters. The molecule has 29 heavy (non-hydrogen) atoms. The first kappa shape index (κ1) is 20.5. The summed E-state index contributed by atoms with van der Waals surface area (Å²) in [6, 6.07) is 12.5. The minimum absolute atomic E-state index is 0.134. The van der Waals surface area contributed by atoms with Crippen molar-refractivity contribution in [3.63, 3.8) is 0 Å². The van der Waals surface area contributed by atoms with Gasteiger partial charge in [0.25, 0.3) is 5.91 Å². The molecule has 0 aliphatic rings. The van der Waals surface area contributed by atoms with Crippen molar-refractivity contribution in [3.05, 3.63) is 64.6 Å². The van der Waals surface area contributed by atoms with Gasteiger partial charge in [-0.15, -0.1) is 0 Å². The molecule has 1 aromatic heterocycles. The molecule has 0 aliphatic carbocycles. The summed E-state index contributed by atoms with van der Waals surface area (Å²) in [5.41, 5.74) is 1.36. The molecule has 2 aromatic carbocycles. The second-order valence-electron chi connectivity index (χ2n) is 6.09. The average molecular weight is 416 g/mol. The van der Waals surface area contributed by atoms with Crippen molar-refractivity contribution in [2.45, 2.75) is 18.7 Å². The number of sulfonamides is 1. The maximum absolute atomic E-state index is 12.5. The molecular formula is C19H20N4O5S. The minimum atomic E-state index is -3.58. The lowest BCUT2D eigenvalue weighted by molar-refractivity contribution is 0.102. The van der Waals surface area contributed by atoms with Crippen molar-refractivity contribution < 1.29 is 17.7 Å². The van der Waals surface area contributed by atoms with Gasteiger partial charge in [0.05, 0.1) is 4.90 Å². The van der Waals surface area contributed by atoms with Crippen molar-refractivity contribution >= 4 is 21.6 Å². The number of aromatic nitrogens is 2. The summed E-state index contributed by atoms with van der Waals surface area (Å²) in [7, 11) is -3.58. The average Bonchev–Trinajstić information content (AvgIpc) is 3.15. The molecule has 0 spiro atoms. The highest BCUT2D eigenvalue weighted by atomic mass is 32.2. The molecule has 0 fully saturated rings. The molecule has 2 N–H and O–H groups in total. The summed E-state index contributed by atoms with van der Waals surface area (Å²) in [6.07, 6.45) is 0. The molecular weight excluding hydrogens is 396 g/mol. The number of aromatic amines is 1. The van der Waals surface area contributed by atoms with Crippen LogP contribution in [0.5, 0.6) is 0 Å². The van der Waals surface area contributed by atoms with E-state index in [1.165, 1.54) is 28.6 Å². The monoisotopic (exact) mass is 416 g/mol. The molecule has 0 bridgehead atoms. The molecule has 152 valence electrons. The third-order valence-corrected chi connectivity index (χ3v) is 6.36. The summed E-state index contributed by atoms with van der Waals surface area (Å²) in [5.74, 6) is -0.825. The van der Waals surface area contributed by atoms with E-state index in [4.69, 9.17) is 0 Å². The van der Waals surface area contributed by atoms with E-state index in [1.54, 1.807) is 38.1 Å². The minimum Gasteiger partial charge on any atom is -0.322 e. The summed E-state index contributed by atoms with van der Waals surface area (Å²) >= 11 is 0. The predicted molar refractivity (Wildman–Crippen MR) is 107 cm³/mol. The van der Waals surface area contributed by atoms with Gasteiger partial charge in [-0.05, 0) is 36.4 Å². The van der Waals surface area contributed by atoms with E-state index >= 15 is 0 Å². The van der Waals surface area contributed by atoms with Gasteiger partial charge in [-0.2, -0.15) is 4.31 Å². The number of anilines is 1. The lowest BCUT2D eigenvalue weighted by Gasteiger charge is -2.18. The standard InChI is InChI=1S/C19H20N4O5S/c1-3-23(4-2)29(26,27)16-10-8-13(9-11-16)18(24)20-15-7-5-6-14(12-15)17-21-19(25)28-22-17/h5-12H,3-4H2,1-2H3,(H,20,24)(H,21,22,25). The van der Waals surface area contributed by atoms with Crippen LogP contribution in [-0.2, 0) is 10.0 Å². The Hall–Kier alpha value is -3.24. The third kappa shape index (κ3) is 4.44. The quantitative estimate of drug-likeness (QED) is 0.609. The zero-order valence-corrected chi connectivity index (χ0v) is 16.7. The topological polar surface area (TPSA) is 125 Å². The van der Waals surface area contributed by atoms with Gasteiger partial charge in [0, 0.05) is 29.9 Å². The van der Waals surface area contributed by atoms with Gasteiger partial charge in [0.1, 0.15) is 0 Å². The van der Waals surface area contributed by atoms with Gasteiger partial charge in [-0.1, -0.05) is 31.1 Å². The van der Waals surface area contributed by atoms with Crippen LogP contribution < -0.4 is 11.1 Å². The Morgan fingerprint density at radius 2 is 1.83 bits per heavy atom. The van der Waals surface area contributed by atoms with E-state index in [9.17, 15) is 18.0 Å². The van der Waals surface area contributed by atoms with E-state index in [-0.39, 0.29) is 10.7 Å². The SMILES string of the molecule is CCN(CC)S(=O)(=O)c1ccc(C(=O)Nc2cccc(-c3noc(=O)[nH]3)c2)cc1. The van der Waals surface area contributed by atoms with Gasteiger partial charge in [0.15, 0.2) is 5.82 Å². The number of carbonyl (C=O) groups excluding carboxylic acids is 1. The molecule has 0 saturated heterocycles. The van der Waals surface area contributed by atoms with Crippen molar-refractivity contribution in [1.29, 1.82) is 0 Å². The third-order valence-electron chi connectivity index (χ3n) is 4.29. The molecule has 3 aromatic rings. The first-order valence-corrected chi connectivity index (χ1v) is 10.4. The molecule has 0 saturated carbocycles. The number of hydrogen-bond donors (Lipinski definition) is 2. The first-order chi connectivity index (χ1) is 13.8. The van der Waals surface area contributed by atoms with E-state index in [0.717, 1.165) is 0 Å². The molecule has 9 nitrogen and oxygen atoms in total. The number of nitrogens with one attached hydrogen (secondary N) is 2. The number of rotatable bonds is 7. The maximum Gasteiger partial charge on any atom is 0.439 e. The Morgan fingerprint density at radius 3 is 2.41 bits per heavy atom. The number of amides is 1. The van der Waals surface area contributed by atoms with E-state index < -0.39 is 21.7 Å². The number of nitrogens with zero attached hydrogens (tertiary/aromatic N) is 2. The normalized spacial score (nSPS) is 11.6. The van der Waals surface area contributed by atoms with Crippen LogP contribution >= 0.6 is 0 Å². The van der Waals surface area contributed by atoms with Gasteiger partial charge >= 0.3 is 5.76 Å². The van der Waals surface area contributed by atoms with Gasteiger partial charge in [0.2, 0.25) is 10.0 Å². The van der Waals surface area contributed by atoms with Crippen LogP contribution in [0.3, 0.4) is 0 Å². The Bertz CT molecular complexity index is 1160. The molecule has 0 atom stereocenters. The maximum atomic E-state index is 12.5. The molecule has 1 heterocycles. The van der Waals surface area contributed by atoms with E-state index in [0.29, 0.717) is 29.9 Å². The fourth-order valence-electron chi connectivity index (χ4n) is 2.79. The van der Waals surface area contributed by atoms with Crippen LogP contribution in [-0.4, -0.2) is 41.9 Å². The zero-order valence-electron chi connectivity index (χ0n) is 15.9. The van der Waals surface area contributed by atoms with Crippen molar-refractivity contribution in [1.82, 2.24) is 14.4 Å². The summed E-state index contributed by atoms with van der Waals surface area (Å²) in [4.78, 5) is 26.2. The van der Waals surface area contributed by atoms with Crippen molar-refractivity contribution in [2.24, 2.45) is 0 Å². The lowest BCUT2D eigenvalue weighted by Crippen LogP contribution is -2.30. The molecule has 3 rings (SSSR count). The van der Waals surface area contributed by atoms with Crippen molar-refractivity contribution in [2.75, 3.05) is 18.4 Å². The lowest BCUT2D eigenvalue weighted by atomic mass is 10.1. The molecule has 0 radical (unpaired) electrons. The van der Waals surface area contributed by atoms with Crippen LogP contribution in [0.2, 0.25) is 0 Å². The highest BCUT2D eigenvalue weighted by Gasteiger charge is 2.21. The van der Waals surface area contributed by atoms with Crippen LogP contribution in [0.1, 0.15) is 24.2 Å². The van der Waals surface area contributed by atoms with E-state index in [2.05, 4.69) is 20.0 Å². The smallest absolute Gasteiger partial charge is 0.322 e. The number of hydrogen-bond acceptors (Lipinski definition) is 6. The zero-order chi connectivity index (χ0) is 21.0. The van der Waals surface area contributed by atoms with Crippen molar-refractivity contribution in [3.8, 4) is 11.4 Å². The first-order valence-electron chi connectivity index (χ1n) is 8.93. The van der Waals surface area contributed by atoms with Gasteiger partial charge in [-0.3, -0.25) is 14.3 Å². The summed E-state index contributed by atoms with van der Waals surface area (Å²) in [5, 5.41) is 6.34. The fraction of sp³-hybridized carbons (Fsp3) is 0.211. The Kier molecular flexibility index (Phi) is 5.95. The summed E-state index contributed by atoms with van der Waals surface area (Å²) in [6.45, 7) is 4.28. The number of H-pyrrole nitrogens is 1. The number of benzene rings is 2. The molecule has 10 heteroatoms. The van der Waals surface area contributed by atoms with E-state index in [1.807, 2.05) is 0 Å². The van der Waals surface area contributed by atoms with Crippen LogP contribution in [0, 0.1) is 0 Å². The van der Waals surface area contributed by atoms with Gasteiger partial charge in [-0.25, -0.2) is 13.2 Å². The Morgan fingerprint density at radius 1 is 1.14 bits per heavy atom. The second-order valence-corrected chi connectivity index (χ2v) is 8.03. The second kappa shape index (κ2) is 8.41. The van der Waals surface area contributed by atoms with Crippen LogP contribution in [0.4, 0.5) is 5.69 Å². The summed E-state index contributed by atoms with van der Waals surface area (Å²) < 4.78 is 30.9. The highest BCUT2D eigenvalue weighted by Crippen LogP contribution is 2.20. The largest absolute Gasteiger partial charge is 0.439 e. The fourth-order valence-corrected chi connectivity index (χ4v) is 4.25. The highest BCUT2D eigenvalue weighted by molar-refractivity contribution is 7.89.